The lowest BCUT2D eigenvalue weighted by atomic mass is 10.1. The highest BCUT2D eigenvalue weighted by Gasteiger charge is 2.15. The Kier molecular flexibility index (Phi) is 4.43. The molecule has 1 unspecified atom stereocenters. The highest BCUT2D eigenvalue weighted by atomic mass is 79.9. The zero-order valence-electron chi connectivity index (χ0n) is 10.4. The van der Waals surface area contributed by atoms with Gasteiger partial charge in [0.2, 0.25) is 0 Å². The zero-order valence-corrected chi connectivity index (χ0v) is 12.8. The first-order valence-corrected chi connectivity index (χ1v) is 7.41. The number of thiophene rings is 1. The van der Waals surface area contributed by atoms with Gasteiger partial charge in [-0.2, -0.15) is 0 Å². The van der Waals surface area contributed by atoms with Crippen LogP contribution in [0.2, 0.25) is 0 Å². The average molecular weight is 326 g/mol. The van der Waals surface area contributed by atoms with Crippen molar-refractivity contribution in [2.24, 2.45) is 0 Å². The molecule has 0 aliphatic rings. The van der Waals surface area contributed by atoms with Gasteiger partial charge in [0.1, 0.15) is 0 Å². The Morgan fingerprint density at radius 1 is 1.33 bits per heavy atom. The monoisotopic (exact) mass is 325 g/mol. The number of hydrogen-bond donors (Lipinski definition) is 2. The van der Waals surface area contributed by atoms with E-state index < -0.39 is 0 Å². The Hall–Kier alpha value is -0.840. The van der Waals surface area contributed by atoms with Crippen molar-refractivity contribution in [2.75, 3.05) is 11.9 Å². The predicted octanol–water partition coefficient (Wildman–Crippen LogP) is 4.27. The molecule has 0 bridgehead atoms. The van der Waals surface area contributed by atoms with Gasteiger partial charge < -0.3 is 10.4 Å². The summed E-state index contributed by atoms with van der Waals surface area (Å²) in [6.07, 6.45) is 0. The van der Waals surface area contributed by atoms with E-state index in [0.29, 0.717) is 0 Å². The maximum Gasteiger partial charge on any atom is 0.0755 e. The van der Waals surface area contributed by atoms with Crippen LogP contribution in [0, 0.1) is 13.8 Å². The summed E-state index contributed by atoms with van der Waals surface area (Å²) in [5, 5.41) is 12.9. The van der Waals surface area contributed by atoms with Gasteiger partial charge in [-0.3, -0.25) is 0 Å². The molecular weight excluding hydrogens is 310 g/mol. The van der Waals surface area contributed by atoms with E-state index >= 15 is 0 Å². The number of rotatable bonds is 4. The van der Waals surface area contributed by atoms with Gasteiger partial charge in [0.15, 0.2) is 0 Å². The lowest BCUT2D eigenvalue weighted by Gasteiger charge is -2.18. The molecule has 96 valence electrons. The third-order valence-corrected chi connectivity index (χ3v) is 4.28. The van der Waals surface area contributed by atoms with Gasteiger partial charge in [-0.15, -0.1) is 11.3 Å². The highest BCUT2D eigenvalue weighted by Crippen LogP contribution is 2.29. The van der Waals surface area contributed by atoms with E-state index in [9.17, 15) is 5.11 Å². The summed E-state index contributed by atoms with van der Waals surface area (Å²) in [7, 11) is 0. The van der Waals surface area contributed by atoms with Crippen LogP contribution < -0.4 is 5.32 Å². The van der Waals surface area contributed by atoms with E-state index in [4.69, 9.17) is 0 Å². The van der Waals surface area contributed by atoms with Crippen molar-refractivity contribution in [1.82, 2.24) is 0 Å². The Morgan fingerprint density at radius 2 is 2.11 bits per heavy atom. The minimum Gasteiger partial charge on any atom is -0.394 e. The van der Waals surface area contributed by atoms with E-state index in [0.717, 1.165) is 10.2 Å². The van der Waals surface area contributed by atoms with Gasteiger partial charge >= 0.3 is 0 Å². The summed E-state index contributed by atoms with van der Waals surface area (Å²) < 4.78 is 1.03. The van der Waals surface area contributed by atoms with Crippen LogP contribution in [0.4, 0.5) is 5.69 Å². The van der Waals surface area contributed by atoms with E-state index in [2.05, 4.69) is 41.2 Å². The molecule has 1 heterocycles. The fraction of sp³-hybridized carbons (Fsp3) is 0.286. The van der Waals surface area contributed by atoms with Crippen molar-refractivity contribution in [3.05, 3.63) is 50.1 Å². The third-order valence-electron chi connectivity index (χ3n) is 2.80. The van der Waals surface area contributed by atoms with Crippen LogP contribution in [0.3, 0.4) is 0 Å². The second-order valence-corrected chi connectivity index (χ2v) is 6.63. The minimum absolute atomic E-state index is 0.0516. The van der Waals surface area contributed by atoms with Gasteiger partial charge in [0.25, 0.3) is 0 Å². The van der Waals surface area contributed by atoms with Crippen LogP contribution in [0.5, 0.6) is 0 Å². The molecule has 0 saturated carbocycles. The minimum atomic E-state index is -0.0516. The van der Waals surface area contributed by atoms with Crippen LogP contribution >= 0.6 is 27.3 Å². The molecule has 0 aliphatic heterocycles. The number of halogens is 1. The molecule has 1 aromatic heterocycles. The number of aliphatic hydroxyl groups is 1. The summed E-state index contributed by atoms with van der Waals surface area (Å²) in [6, 6.07) is 10.1. The first-order chi connectivity index (χ1) is 8.60. The maximum atomic E-state index is 9.57. The summed E-state index contributed by atoms with van der Waals surface area (Å²) in [5.41, 5.74) is 2.19. The van der Waals surface area contributed by atoms with Crippen molar-refractivity contribution < 1.29 is 5.11 Å². The van der Waals surface area contributed by atoms with Crippen LogP contribution in [0.25, 0.3) is 0 Å². The average Bonchev–Trinajstić information content (AvgIpc) is 2.65. The first-order valence-electron chi connectivity index (χ1n) is 5.80. The molecule has 4 heteroatoms. The van der Waals surface area contributed by atoms with Crippen LogP contribution in [-0.2, 0) is 0 Å². The molecule has 0 aliphatic carbocycles. The van der Waals surface area contributed by atoms with Crippen LogP contribution in [0.1, 0.15) is 21.4 Å². The topological polar surface area (TPSA) is 32.3 Å². The van der Waals surface area contributed by atoms with Gasteiger partial charge in [0.05, 0.1) is 12.6 Å². The fourth-order valence-electron chi connectivity index (χ4n) is 2.00. The van der Waals surface area contributed by atoms with E-state index in [-0.39, 0.29) is 12.6 Å². The van der Waals surface area contributed by atoms with E-state index in [1.165, 1.54) is 15.3 Å². The quantitative estimate of drug-likeness (QED) is 0.879. The lowest BCUT2D eigenvalue weighted by molar-refractivity contribution is 0.276. The predicted molar refractivity (Wildman–Crippen MR) is 81.4 cm³/mol. The first kappa shape index (κ1) is 13.6. The third kappa shape index (κ3) is 3.13. The maximum absolute atomic E-state index is 9.57. The summed E-state index contributed by atoms with van der Waals surface area (Å²) >= 11 is 5.21. The molecule has 0 radical (unpaired) electrons. The molecule has 2 N–H and O–H groups in total. The molecule has 2 aromatic rings. The second kappa shape index (κ2) is 5.87. The molecule has 0 spiro atoms. The standard InChI is InChI=1S/C14H16BrNOS/c1-9-6-13(10(2)18-9)14(8-17)16-12-5-3-4-11(15)7-12/h3-7,14,16-17H,8H2,1-2H3. The van der Waals surface area contributed by atoms with Crippen molar-refractivity contribution in [3.8, 4) is 0 Å². The Labute approximate surface area is 120 Å². The second-order valence-electron chi connectivity index (χ2n) is 4.26. The molecule has 0 fully saturated rings. The molecule has 0 amide bonds. The molecule has 2 nitrogen and oxygen atoms in total. The van der Waals surface area contributed by atoms with E-state index in [1.807, 2.05) is 24.3 Å². The number of aliphatic hydroxyl groups excluding tert-OH is 1. The summed E-state index contributed by atoms with van der Waals surface area (Å²) in [4.78, 5) is 2.53. The Balaban J connectivity index is 2.22. The number of hydrogen-bond acceptors (Lipinski definition) is 3. The van der Waals surface area contributed by atoms with Gasteiger partial charge in [-0.05, 0) is 43.7 Å². The van der Waals surface area contributed by atoms with Crippen molar-refractivity contribution >= 4 is 33.0 Å². The largest absolute Gasteiger partial charge is 0.394 e. The van der Waals surface area contributed by atoms with Gasteiger partial charge in [-0.25, -0.2) is 0 Å². The number of anilines is 1. The van der Waals surface area contributed by atoms with Crippen LogP contribution in [0.15, 0.2) is 34.8 Å². The van der Waals surface area contributed by atoms with Crippen molar-refractivity contribution in [3.63, 3.8) is 0 Å². The smallest absolute Gasteiger partial charge is 0.0755 e. The van der Waals surface area contributed by atoms with Crippen molar-refractivity contribution in [2.45, 2.75) is 19.9 Å². The molecular formula is C14H16BrNOS. The fourth-order valence-corrected chi connectivity index (χ4v) is 3.38. The highest BCUT2D eigenvalue weighted by molar-refractivity contribution is 9.10. The Morgan fingerprint density at radius 3 is 2.67 bits per heavy atom. The normalized spacial score (nSPS) is 12.4. The number of nitrogens with one attached hydrogen (secondary N) is 1. The van der Waals surface area contributed by atoms with Gasteiger partial charge in [0, 0.05) is 19.9 Å². The molecule has 18 heavy (non-hydrogen) atoms. The SMILES string of the molecule is Cc1cc(C(CO)Nc2cccc(Br)c2)c(C)s1. The zero-order chi connectivity index (χ0) is 13.1. The summed E-state index contributed by atoms with van der Waals surface area (Å²) in [6.45, 7) is 4.27. The van der Waals surface area contributed by atoms with E-state index in [1.54, 1.807) is 11.3 Å². The van der Waals surface area contributed by atoms with Gasteiger partial charge in [-0.1, -0.05) is 22.0 Å². The molecule has 1 atom stereocenters. The lowest BCUT2D eigenvalue weighted by Crippen LogP contribution is -2.14. The number of benzene rings is 1. The molecule has 0 saturated heterocycles. The molecule has 2 rings (SSSR count). The van der Waals surface area contributed by atoms with Crippen molar-refractivity contribution in [1.29, 1.82) is 0 Å². The number of aryl methyl sites for hydroxylation is 2. The molecule has 1 aromatic carbocycles. The Bertz CT molecular complexity index is 538. The van der Waals surface area contributed by atoms with Crippen LogP contribution in [-0.4, -0.2) is 11.7 Å². The summed E-state index contributed by atoms with van der Waals surface area (Å²) in [5.74, 6) is 0.